The standard InChI is InChI=1S/C9H6F2O.C2H6/c10-6-3-5-1-2-8(12)9(5)7(11)4-6;1-2/h3-4H,1-2H2;1-2H3. The van der Waals surface area contributed by atoms with E-state index in [1.807, 2.05) is 13.8 Å². The van der Waals surface area contributed by atoms with E-state index < -0.39 is 11.6 Å². The third-order valence-electron chi connectivity index (χ3n) is 2.04. The maximum Gasteiger partial charge on any atom is 0.166 e. The van der Waals surface area contributed by atoms with Crippen molar-refractivity contribution in [2.75, 3.05) is 0 Å². The van der Waals surface area contributed by atoms with Gasteiger partial charge >= 0.3 is 0 Å². The maximum atomic E-state index is 12.9. The zero-order valence-corrected chi connectivity index (χ0v) is 8.23. The van der Waals surface area contributed by atoms with Crippen LogP contribution >= 0.6 is 0 Å². The lowest BCUT2D eigenvalue weighted by molar-refractivity contribution is 0.0991. The summed E-state index contributed by atoms with van der Waals surface area (Å²) in [6.07, 6.45) is 0.762. The van der Waals surface area contributed by atoms with Gasteiger partial charge in [0.1, 0.15) is 11.6 Å². The van der Waals surface area contributed by atoms with Crippen molar-refractivity contribution < 1.29 is 13.6 Å². The topological polar surface area (TPSA) is 17.1 Å². The average molecular weight is 198 g/mol. The number of carbonyl (C=O) groups excluding carboxylic acids is 1. The molecular formula is C11H12F2O. The highest BCUT2D eigenvalue weighted by Gasteiger charge is 2.23. The normalized spacial score (nSPS) is 13.3. The number of hydrogen-bond donors (Lipinski definition) is 0. The lowest BCUT2D eigenvalue weighted by Gasteiger charge is -1.98. The smallest absolute Gasteiger partial charge is 0.166 e. The van der Waals surface area contributed by atoms with E-state index in [0.717, 1.165) is 6.07 Å². The number of benzene rings is 1. The van der Waals surface area contributed by atoms with Gasteiger partial charge < -0.3 is 0 Å². The quantitative estimate of drug-likeness (QED) is 0.626. The Hall–Kier alpha value is -1.25. The Morgan fingerprint density at radius 1 is 1.14 bits per heavy atom. The van der Waals surface area contributed by atoms with E-state index in [-0.39, 0.29) is 11.3 Å². The molecule has 76 valence electrons. The molecule has 0 radical (unpaired) electrons. The molecule has 0 saturated heterocycles. The van der Waals surface area contributed by atoms with E-state index in [4.69, 9.17) is 0 Å². The minimum Gasteiger partial charge on any atom is -0.294 e. The monoisotopic (exact) mass is 198 g/mol. The Morgan fingerprint density at radius 3 is 2.43 bits per heavy atom. The first kappa shape index (κ1) is 10.8. The third kappa shape index (κ3) is 1.81. The molecule has 14 heavy (non-hydrogen) atoms. The molecule has 1 aromatic carbocycles. The summed E-state index contributed by atoms with van der Waals surface area (Å²) in [7, 11) is 0. The van der Waals surface area contributed by atoms with Gasteiger partial charge in [-0.2, -0.15) is 0 Å². The molecule has 0 fully saturated rings. The van der Waals surface area contributed by atoms with Gasteiger partial charge in [-0.15, -0.1) is 0 Å². The molecule has 0 heterocycles. The summed E-state index contributed by atoms with van der Waals surface area (Å²) >= 11 is 0. The summed E-state index contributed by atoms with van der Waals surface area (Å²) in [5, 5.41) is 0. The molecule has 3 heteroatoms. The summed E-state index contributed by atoms with van der Waals surface area (Å²) in [5.41, 5.74) is 0.578. The summed E-state index contributed by atoms with van der Waals surface area (Å²) in [6.45, 7) is 4.00. The predicted molar refractivity (Wildman–Crippen MR) is 50.4 cm³/mol. The second-order valence-corrected chi connectivity index (χ2v) is 2.84. The van der Waals surface area contributed by atoms with Crippen LogP contribution in [0.1, 0.15) is 36.2 Å². The van der Waals surface area contributed by atoms with Crippen LogP contribution in [-0.2, 0) is 6.42 Å². The first-order valence-corrected chi connectivity index (χ1v) is 4.69. The maximum absolute atomic E-state index is 12.9. The van der Waals surface area contributed by atoms with Crippen LogP contribution in [-0.4, -0.2) is 5.78 Å². The number of hydrogen-bond acceptors (Lipinski definition) is 1. The highest BCUT2D eigenvalue weighted by molar-refractivity contribution is 6.00. The van der Waals surface area contributed by atoms with Crippen LogP contribution in [0.2, 0.25) is 0 Å². The Labute approximate surface area is 81.7 Å². The molecule has 1 nitrogen and oxygen atoms in total. The van der Waals surface area contributed by atoms with Crippen molar-refractivity contribution in [3.63, 3.8) is 0 Å². The second-order valence-electron chi connectivity index (χ2n) is 2.84. The molecule has 0 N–H and O–H groups in total. The van der Waals surface area contributed by atoms with Crippen molar-refractivity contribution in [3.05, 3.63) is 34.9 Å². The predicted octanol–water partition coefficient (Wildman–Crippen LogP) is 3.12. The van der Waals surface area contributed by atoms with Gasteiger partial charge in [-0.25, -0.2) is 8.78 Å². The molecule has 0 bridgehead atoms. The van der Waals surface area contributed by atoms with E-state index in [1.54, 1.807) is 0 Å². The number of aryl methyl sites for hydroxylation is 1. The van der Waals surface area contributed by atoms with Crippen LogP contribution in [0, 0.1) is 11.6 Å². The Kier molecular flexibility index (Phi) is 3.33. The third-order valence-corrected chi connectivity index (χ3v) is 2.04. The summed E-state index contributed by atoms with van der Waals surface area (Å²) < 4.78 is 25.5. The molecule has 0 spiro atoms. The molecule has 0 atom stereocenters. The van der Waals surface area contributed by atoms with Gasteiger partial charge in [-0.05, 0) is 18.1 Å². The van der Waals surface area contributed by atoms with E-state index in [0.29, 0.717) is 18.4 Å². The second kappa shape index (κ2) is 4.31. The Morgan fingerprint density at radius 2 is 1.79 bits per heavy atom. The van der Waals surface area contributed by atoms with Gasteiger partial charge in [0.25, 0.3) is 0 Å². The molecule has 0 unspecified atom stereocenters. The van der Waals surface area contributed by atoms with Crippen LogP contribution < -0.4 is 0 Å². The van der Waals surface area contributed by atoms with Gasteiger partial charge in [0.15, 0.2) is 5.78 Å². The fraction of sp³-hybridized carbons (Fsp3) is 0.364. The number of rotatable bonds is 0. The summed E-state index contributed by atoms with van der Waals surface area (Å²) in [5.74, 6) is -1.56. The number of carbonyl (C=O) groups is 1. The summed E-state index contributed by atoms with van der Waals surface area (Å²) in [6, 6.07) is 1.98. The molecule has 1 aliphatic rings. The molecule has 0 aromatic heterocycles. The first-order chi connectivity index (χ1) is 6.68. The molecule has 0 saturated carbocycles. The van der Waals surface area contributed by atoms with Crippen LogP contribution in [0.15, 0.2) is 12.1 Å². The number of ketones is 1. The first-order valence-electron chi connectivity index (χ1n) is 4.69. The van der Waals surface area contributed by atoms with Gasteiger partial charge in [-0.1, -0.05) is 13.8 Å². The Bertz CT molecular complexity index is 359. The van der Waals surface area contributed by atoms with Crippen LogP contribution in [0.4, 0.5) is 8.78 Å². The van der Waals surface area contributed by atoms with Gasteiger partial charge in [0, 0.05) is 12.5 Å². The zero-order valence-electron chi connectivity index (χ0n) is 8.23. The Balaban J connectivity index is 0.000000461. The van der Waals surface area contributed by atoms with Crippen molar-refractivity contribution in [2.45, 2.75) is 26.7 Å². The lowest BCUT2D eigenvalue weighted by atomic mass is 10.1. The highest BCUT2D eigenvalue weighted by Crippen LogP contribution is 2.25. The van der Waals surface area contributed by atoms with Crippen molar-refractivity contribution in [1.29, 1.82) is 0 Å². The molecule has 1 aliphatic carbocycles. The van der Waals surface area contributed by atoms with Crippen LogP contribution in [0.25, 0.3) is 0 Å². The van der Waals surface area contributed by atoms with Crippen molar-refractivity contribution in [3.8, 4) is 0 Å². The fourth-order valence-electron chi connectivity index (χ4n) is 1.51. The minimum atomic E-state index is -0.729. The van der Waals surface area contributed by atoms with Gasteiger partial charge in [0.05, 0.1) is 5.56 Å². The van der Waals surface area contributed by atoms with E-state index >= 15 is 0 Å². The molecule has 1 aromatic rings. The van der Waals surface area contributed by atoms with Crippen LogP contribution in [0.5, 0.6) is 0 Å². The van der Waals surface area contributed by atoms with Crippen LogP contribution in [0.3, 0.4) is 0 Å². The number of halogens is 2. The highest BCUT2D eigenvalue weighted by atomic mass is 19.1. The van der Waals surface area contributed by atoms with Crippen molar-refractivity contribution >= 4 is 5.78 Å². The summed E-state index contributed by atoms with van der Waals surface area (Å²) in [4.78, 5) is 11.0. The van der Waals surface area contributed by atoms with Gasteiger partial charge in [-0.3, -0.25) is 4.79 Å². The van der Waals surface area contributed by atoms with E-state index in [9.17, 15) is 13.6 Å². The lowest BCUT2D eigenvalue weighted by Crippen LogP contribution is -1.96. The molecular weight excluding hydrogens is 186 g/mol. The van der Waals surface area contributed by atoms with Crippen molar-refractivity contribution in [1.82, 2.24) is 0 Å². The molecule has 0 aliphatic heterocycles. The number of Topliss-reactive ketones (excluding diaryl/α,β-unsaturated/α-hetero) is 1. The number of fused-ring (bicyclic) bond motifs is 1. The largest absolute Gasteiger partial charge is 0.294 e. The zero-order chi connectivity index (χ0) is 10.7. The van der Waals surface area contributed by atoms with E-state index in [1.165, 1.54) is 6.07 Å². The van der Waals surface area contributed by atoms with Crippen molar-refractivity contribution in [2.24, 2.45) is 0 Å². The van der Waals surface area contributed by atoms with E-state index in [2.05, 4.69) is 0 Å². The molecule has 2 rings (SSSR count). The average Bonchev–Trinajstić information content (AvgIpc) is 2.51. The van der Waals surface area contributed by atoms with Gasteiger partial charge in [0.2, 0.25) is 0 Å². The molecule has 0 amide bonds. The SMILES string of the molecule is CC.O=C1CCc2cc(F)cc(F)c21. The minimum absolute atomic E-state index is 0.0800. The fourth-order valence-corrected chi connectivity index (χ4v) is 1.51.